The number of benzene rings is 1. The Balaban J connectivity index is 0.00000400. The summed E-state index contributed by atoms with van der Waals surface area (Å²) < 4.78 is 0. The van der Waals surface area contributed by atoms with Crippen LogP contribution in [0.25, 0.3) is 0 Å². The van der Waals surface area contributed by atoms with Crippen LogP contribution in [0.1, 0.15) is 43.2 Å². The van der Waals surface area contributed by atoms with Crippen molar-refractivity contribution < 1.29 is 4.79 Å². The highest BCUT2D eigenvalue weighted by molar-refractivity contribution is 7.98. The predicted molar refractivity (Wildman–Crippen MR) is 94.2 cm³/mol. The largest absolute Gasteiger partial charge is 0.352 e. The van der Waals surface area contributed by atoms with Crippen molar-refractivity contribution in [3.8, 4) is 0 Å². The average molecular weight is 331 g/mol. The molecule has 5 heteroatoms. The first-order valence-corrected chi connectivity index (χ1v) is 8.50. The van der Waals surface area contributed by atoms with Crippen LogP contribution in [0.2, 0.25) is 0 Å². The second-order valence-corrected chi connectivity index (χ2v) is 5.89. The lowest BCUT2D eigenvalue weighted by atomic mass is 10.1. The molecule has 0 aliphatic carbocycles. The molecule has 1 aromatic carbocycles. The molecule has 3 N–H and O–H groups in total. The fourth-order valence-corrected chi connectivity index (χ4v) is 2.77. The van der Waals surface area contributed by atoms with Crippen LogP contribution in [-0.2, 0) is 11.3 Å². The van der Waals surface area contributed by atoms with E-state index < -0.39 is 0 Å². The minimum Gasteiger partial charge on any atom is -0.352 e. The van der Waals surface area contributed by atoms with E-state index in [1.54, 1.807) is 11.8 Å². The van der Waals surface area contributed by atoms with E-state index >= 15 is 0 Å². The molecule has 0 aromatic heterocycles. The zero-order chi connectivity index (χ0) is 14.8. The standard InChI is InChI=1S/C16H26N2OS.ClH/c1-13-8-9-14(15(11-13)20-2)12-18-16(19)7-5-3-4-6-10-17;/h8-9,11H,3-7,10,12,17H2,1-2H3,(H,18,19);1H. The third-order valence-corrected chi connectivity index (χ3v) is 4.10. The Hall–Kier alpha value is -0.710. The number of rotatable bonds is 9. The van der Waals surface area contributed by atoms with E-state index in [0.717, 1.165) is 32.2 Å². The zero-order valence-corrected chi connectivity index (χ0v) is 14.6. The van der Waals surface area contributed by atoms with Gasteiger partial charge in [0.05, 0.1) is 0 Å². The summed E-state index contributed by atoms with van der Waals surface area (Å²) >= 11 is 1.73. The molecule has 0 aliphatic heterocycles. The molecular weight excluding hydrogens is 304 g/mol. The number of aryl methyl sites for hydroxylation is 1. The van der Waals surface area contributed by atoms with Crippen LogP contribution in [0.5, 0.6) is 0 Å². The number of nitrogens with one attached hydrogen (secondary N) is 1. The molecule has 0 bridgehead atoms. The van der Waals surface area contributed by atoms with Crippen molar-refractivity contribution in [1.29, 1.82) is 0 Å². The maximum absolute atomic E-state index is 11.8. The average Bonchev–Trinajstić information content (AvgIpc) is 2.45. The summed E-state index contributed by atoms with van der Waals surface area (Å²) in [6, 6.07) is 6.36. The molecule has 1 amide bonds. The number of nitrogens with two attached hydrogens (primary N) is 1. The lowest BCUT2D eigenvalue weighted by Crippen LogP contribution is -2.22. The molecule has 0 unspecified atom stereocenters. The van der Waals surface area contributed by atoms with Gasteiger partial charge in [0.25, 0.3) is 0 Å². The highest BCUT2D eigenvalue weighted by Crippen LogP contribution is 2.21. The molecule has 3 nitrogen and oxygen atoms in total. The van der Waals surface area contributed by atoms with Crippen LogP contribution in [0, 0.1) is 6.92 Å². The molecule has 0 saturated carbocycles. The van der Waals surface area contributed by atoms with Crippen LogP contribution in [0.4, 0.5) is 0 Å². The summed E-state index contributed by atoms with van der Waals surface area (Å²) in [4.78, 5) is 13.0. The Labute approximate surface area is 138 Å². The Morgan fingerprint density at radius 1 is 1.24 bits per heavy atom. The minimum absolute atomic E-state index is 0. The summed E-state index contributed by atoms with van der Waals surface area (Å²) in [6.07, 6.45) is 6.91. The monoisotopic (exact) mass is 330 g/mol. The Bertz CT molecular complexity index is 427. The number of hydrogen-bond donors (Lipinski definition) is 2. The first kappa shape index (κ1) is 20.3. The topological polar surface area (TPSA) is 55.1 Å². The van der Waals surface area contributed by atoms with Gasteiger partial charge >= 0.3 is 0 Å². The van der Waals surface area contributed by atoms with Gasteiger partial charge in [-0.05, 0) is 49.8 Å². The highest BCUT2D eigenvalue weighted by atomic mass is 35.5. The van der Waals surface area contributed by atoms with Crippen molar-refractivity contribution in [3.63, 3.8) is 0 Å². The molecular formula is C16H27ClN2OS. The Morgan fingerprint density at radius 3 is 2.62 bits per heavy atom. The smallest absolute Gasteiger partial charge is 0.220 e. The van der Waals surface area contributed by atoms with E-state index in [2.05, 4.69) is 36.7 Å². The van der Waals surface area contributed by atoms with E-state index in [9.17, 15) is 4.79 Å². The normalized spacial score (nSPS) is 10.0. The molecule has 0 aliphatic rings. The van der Waals surface area contributed by atoms with Gasteiger partial charge in [0, 0.05) is 17.9 Å². The molecule has 0 atom stereocenters. The second kappa shape index (κ2) is 11.9. The molecule has 0 fully saturated rings. The summed E-state index contributed by atoms with van der Waals surface area (Å²) in [5.41, 5.74) is 7.89. The van der Waals surface area contributed by atoms with Crippen molar-refractivity contribution in [2.75, 3.05) is 12.8 Å². The number of halogens is 1. The Morgan fingerprint density at radius 2 is 1.95 bits per heavy atom. The predicted octanol–water partition coefficient (Wildman–Crippen LogP) is 3.66. The van der Waals surface area contributed by atoms with E-state index in [1.165, 1.54) is 16.0 Å². The highest BCUT2D eigenvalue weighted by Gasteiger charge is 2.05. The number of amides is 1. The van der Waals surface area contributed by atoms with Gasteiger partial charge in [-0.1, -0.05) is 25.0 Å². The van der Waals surface area contributed by atoms with Gasteiger partial charge in [0.15, 0.2) is 0 Å². The van der Waals surface area contributed by atoms with Gasteiger partial charge in [-0.15, -0.1) is 24.2 Å². The third-order valence-electron chi connectivity index (χ3n) is 3.28. The first-order valence-electron chi connectivity index (χ1n) is 7.27. The number of unbranched alkanes of at least 4 members (excludes halogenated alkanes) is 3. The molecule has 0 saturated heterocycles. The van der Waals surface area contributed by atoms with Crippen LogP contribution >= 0.6 is 24.2 Å². The maximum Gasteiger partial charge on any atom is 0.220 e. The van der Waals surface area contributed by atoms with Crippen LogP contribution in [0.15, 0.2) is 23.1 Å². The van der Waals surface area contributed by atoms with E-state index in [1.807, 2.05) is 0 Å². The van der Waals surface area contributed by atoms with Crippen molar-refractivity contribution >= 4 is 30.1 Å². The van der Waals surface area contributed by atoms with E-state index in [0.29, 0.717) is 13.0 Å². The molecule has 120 valence electrons. The number of hydrogen-bond acceptors (Lipinski definition) is 3. The molecule has 21 heavy (non-hydrogen) atoms. The van der Waals surface area contributed by atoms with Crippen molar-refractivity contribution in [2.24, 2.45) is 5.73 Å². The van der Waals surface area contributed by atoms with Crippen LogP contribution < -0.4 is 11.1 Å². The lowest BCUT2D eigenvalue weighted by Gasteiger charge is -2.10. The summed E-state index contributed by atoms with van der Waals surface area (Å²) in [7, 11) is 0. The lowest BCUT2D eigenvalue weighted by molar-refractivity contribution is -0.121. The van der Waals surface area contributed by atoms with E-state index in [-0.39, 0.29) is 18.3 Å². The summed E-state index contributed by atoms with van der Waals surface area (Å²) in [5.74, 6) is 0.144. The maximum atomic E-state index is 11.8. The van der Waals surface area contributed by atoms with Crippen molar-refractivity contribution in [3.05, 3.63) is 29.3 Å². The SMILES string of the molecule is CSc1cc(C)ccc1CNC(=O)CCCCCCN.Cl. The number of thioether (sulfide) groups is 1. The second-order valence-electron chi connectivity index (χ2n) is 5.04. The third kappa shape index (κ3) is 8.34. The van der Waals surface area contributed by atoms with Gasteiger partial charge in [-0.25, -0.2) is 0 Å². The molecule has 0 spiro atoms. The van der Waals surface area contributed by atoms with Crippen LogP contribution in [-0.4, -0.2) is 18.7 Å². The first-order chi connectivity index (χ1) is 9.67. The van der Waals surface area contributed by atoms with Gasteiger partial charge in [0.2, 0.25) is 5.91 Å². The Kier molecular flexibility index (Phi) is 11.5. The quantitative estimate of drug-likeness (QED) is 0.536. The van der Waals surface area contributed by atoms with Gasteiger partial charge in [-0.2, -0.15) is 0 Å². The fourth-order valence-electron chi connectivity index (χ4n) is 2.06. The van der Waals surface area contributed by atoms with E-state index in [4.69, 9.17) is 5.73 Å². The fraction of sp³-hybridized carbons (Fsp3) is 0.562. The number of carbonyl (C=O) groups excluding carboxylic acids is 1. The summed E-state index contributed by atoms with van der Waals surface area (Å²) in [5, 5.41) is 3.01. The molecule has 1 rings (SSSR count). The zero-order valence-electron chi connectivity index (χ0n) is 13.0. The van der Waals surface area contributed by atoms with Crippen molar-refractivity contribution in [2.45, 2.75) is 50.5 Å². The molecule has 1 aromatic rings. The van der Waals surface area contributed by atoms with Gasteiger partial charge in [0.1, 0.15) is 0 Å². The number of carbonyl (C=O) groups is 1. The van der Waals surface area contributed by atoms with Gasteiger partial charge < -0.3 is 11.1 Å². The van der Waals surface area contributed by atoms with Gasteiger partial charge in [-0.3, -0.25) is 4.79 Å². The summed E-state index contributed by atoms with van der Waals surface area (Å²) in [6.45, 7) is 3.46. The van der Waals surface area contributed by atoms with Crippen molar-refractivity contribution in [1.82, 2.24) is 5.32 Å². The molecule has 0 heterocycles. The van der Waals surface area contributed by atoms with Crippen LogP contribution in [0.3, 0.4) is 0 Å². The minimum atomic E-state index is 0. The molecule has 0 radical (unpaired) electrons.